The Labute approximate surface area is 153 Å². The van der Waals surface area contributed by atoms with Crippen LogP contribution in [-0.4, -0.2) is 42.7 Å². The number of benzene rings is 2. The minimum atomic E-state index is -0.369. The Kier molecular flexibility index (Phi) is 6.57. The summed E-state index contributed by atoms with van der Waals surface area (Å²) in [5.74, 6) is 0.316. The van der Waals surface area contributed by atoms with Crippen LogP contribution in [0.5, 0.6) is 5.75 Å². The SMILES string of the molecule is O=[N+]([O-])c1cc(CCCN2CCOCC2)ccc1OCc1ccccc1. The van der Waals surface area contributed by atoms with Gasteiger partial charge in [0, 0.05) is 19.2 Å². The van der Waals surface area contributed by atoms with Crippen LogP contribution in [-0.2, 0) is 17.8 Å². The minimum absolute atomic E-state index is 0.0322. The third-order valence-electron chi connectivity index (χ3n) is 4.50. The van der Waals surface area contributed by atoms with Crippen molar-refractivity contribution in [2.45, 2.75) is 19.4 Å². The summed E-state index contributed by atoms with van der Waals surface area (Å²) < 4.78 is 11.0. The molecule has 6 nitrogen and oxygen atoms in total. The fraction of sp³-hybridized carbons (Fsp3) is 0.400. The molecule has 3 rings (SSSR count). The Balaban J connectivity index is 1.58. The van der Waals surface area contributed by atoms with Crippen LogP contribution in [0.4, 0.5) is 5.69 Å². The topological polar surface area (TPSA) is 64.8 Å². The second kappa shape index (κ2) is 9.31. The quantitative estimate of drug-likeness (QED) is 0.535. The van der Waals surface area contributed by atoms with E-state index in [9.17, 15) is 10.1 Å². The first-order valence-corrected chi connectivity index (χ1v) is 8.96. The molecule has 0 aliphatic carbocycles. The normalized spacial score (nSPS) is 14.9. The molecule has 1 heterocycles. The number of nitro benzene ring substituents is 1. The highest BCUT2D eigenvalue weighted by atomic mass is 16.6. The van der Waals surface area contributed by atoms with E-state index in [1.807, 2.05) is 36.4 Å². The molecule has 0 saturated carbocycles. The Bertz CT molecular complexity index is 715. The number of morpholine rings is 1. The monoisotopic (exact) mass is 356 g/mol. The third kappa shape index (κ3) is 5.28. The number of ether oxygens (including phenoxy) is 2. The Morgan fingerprint density at radius 3 is 2.58 bits per heavy atom. The molecule has 1 fully saturated rings. The first kappa shape index (κ1) is 18.4. The van der Waals surface area contributed by atoms with E-state index in [0.717, 1.165) is 56.8 Å². The summed E-state index contributed by atoms with van der Waals surface area (Å²) in [6.45, 7) is 4.82. The highest BCUT2D eigenvalue weighted by Gasteiger charge is 2.16. The molecular formula is C20H24N2O4. The van der Waals surface area contributed by atoms with Crippen LogP contribution in [0.1, 0.15) is 17.5 Å². The van der Waals surface area contributed by atoms with Crippen LogP contribution in [0.2, 0.25) is 0 Å². The maximum Gasteiger partial charge on any atom is 0.311 e. The van der Waals surface area contributed by atoms with Gasteiger partial charge in [-0.15, -0.1) is 0 Å². The summed E-state index contributed by atoms with van der Waals surface area (Å²) in [5, 5.41) is 11.4. The summed E-state index contributed by atoms with van der Waals surface area (Å²) >= 11 is 0. The summed E-state index contributed by atoms with van der Waals surface area (Å²) in [6.07, 6.45) is 1.79. The molecular weight excluding hydrogens is 332 g/mol. The molecule has 0 aromatic heterocycles. The fourth-order valence-electron chi connectivity index (χ4n) is 3.05. The van der Waals surface area contributed by atoms with Gasteiger partial charge in [0.25, 0.3) is 0 Å². The summed E-state index contributed by atoms with van der Waals surface area (Å²) in [7, 11) is 0. The Hall–Kier alpha value is -2.44. The number of aryl methyl sites for hydroxylation is 1. The minimum Gasteiger partial charge on any atom is -0.482 e. The molecule has 1 aliphatic heterocycles. The lowest BCUT2D eigenvalue weighted by Gasteiger charge is -2.26. The van der Waals surface area contributed by atoms with Crippen molar-refractivity contribution in [3.05, 3.63) is 69.8 Å². The summed E-state index contributed by atoms with van der Waals surface area (Å²) in [5.41, 5.74) is 1.98. The zero-order valence-electron chi connectivity index (χ0n) is 14.8. The largest absolute Gasteiger partial charge is 0.482 e. The van der Waals surface area contributed by atoms with E-state index < -0.39 is 0 Å². The van der Waals surface area contributed by atoms with Crippen molar-refractivity contribution in [2.75, 3.05) is 32.8 Å². The van der Waals surface area contributed by atoms with E-state index in [-0.39, 0.29) is 10.6 Å². The smallest absolute Gasteiger partial charge is 0.311 e. The molecule has 2 aromatic carbocycles. The van der Waals surface area contributed by atoms with Crippen LogP contribution in [0.15, 0.2) is 48.5 Å². The summed E-state index contributed by atoms with van der Waals surface area (Å²) in [6, 6.07) is 14.9. The molecule has 0 atom stereocenters. The molecule has 0 bridgehead atoms. The zero-order chi connectivity index (χ0) is 18.2. The molecule has 138 valence electrons. The Morgan fingerprint density at radius 2 is 1.85 bits per heavy atom. The molecule has 0 unspecified atom stereocenters. The summed E-state index contributed by atoms with van der Waals surface area (Å²) in [4.78, 5) is 13.4. The number of rotatable bonds is 8. The van der Waals surface area contributed by atoms with E-state index in [2.05, 4.69) is 4.90 Å². The van der Waals surface area contributed by atoms with Crippen LogP contribution < -0.4 is 4.74 Å². The molecule has 0 spiro atoms. The lowest BCUT2D eigenvalue weighted by atomic mass is 10.1. The van der Waals surface area contributed by atoms with Gasteiger partial charge in [0.15, 0.2) is 5.75 Å². The van der Waals surface area contributed by atoms with Crippen molar-refractivity contribution in [3.8, 4) is 5.75 Å². The standard InChI is InChI=1S/C20H24N2O4/c23-22(24)19-15-17(7-4-10-21-11-13-25-14-12-21)8-9-20(19)26-16-18-5-2-1-3-6-18/h1-3,5-6,8-9,15H,4,7,10-14,16H2. The second-order valence-corrected chi connectivity index (χ2v) is 6.39. The van der Waals surface area contributed by atoms with Crippen LogP contribution in [0.3, 0.4) is 0 Å². The lowest BCUT2D eigenvalue weighted by Crippen LogP contribution is -2.36. The maximum absolute atomic E-state index is 11.4. The average Bonchev–Trinajstić information content (AvgIpc) is 2.68. The fourth-order valence-corrected chi connectivity index (χ4v) is 3.05. The van der Waals surface area contributed by atoms with Crippen LogP contribution in [0, 0.1) is 10.1 Å². The van der Waals surface area contributed by atoms with Gasteiger partial charge < -0.3 is 9.47 Å². The molecule has 1 saturated heterocycles. The number of nitro groups is 1. The van der Waals surface area contributed by atoms with Crippen molar-refractivity contribution >= 4 is 5.69 Å². The van der Waals surface area contributed by atoms with E-state index in [0.29, 0.717) is 12.4 Å². The van der Waals surface area contributed by atoms with E-state index in [1.165, 1.54) is 0 Å². The van der Waals surface area contributed by atoms with Gasteiger partial charge in [-0.25, -0.2) is 0 Å². The van der Waals surface area contributed by atoms with Gasteiger partial charge in [-0.2, -0.15) is 0 Å². The van der Waals surface area contributed by atoms with E-state index in [4.69, 9.17) is 9.47 Å². The molecule has 1 aliphatic rings. The van der Waals surface area contributed by atoms with Gasteiger partial charge in [0.1, 0.15) is 6.61 Å². The molecule has 26 heavy (non-hydrogen) atoms. The van der Waals surface area contributed by atoms with Crippen molar-refractivity contribution in [1.82, 2.24) is 4.90 Å². The van der Waals surface area contributed by atoms with Crippen molar-refractivity contribution in [2.24, 2.45) is 0 Å². The highest BCUT2D eigenvalue weighted by Crippen LogP contribution is 2.29. The van der Waals surface area contributed by atoms with Gasteiger partial charge in [-0.05, 0) is 36.6 Å². The first-order valence-electron chi connectivity index (χ1n) is 8.96. The lowest BCUT2D eigenvalue weighted by molar-refractivity contribution is -0.386. The van der Waals surface area contributed by atoms with Gasteiger partial charge in [0.05, 0.1) is 18.1 Å². The van der Waals surface area contributed by atoms with Gasteiger partial charge in [-0.3, -0.25) is 15.0 Å². The number of hydrogen-bond donors (Lipinski definition) is 0. The molecule has 0 amide bonds. The predicted molar refractivity (Wildman–Crippen MR) is 99.5 cm³/mol. The molecule has 0 radical (unpaired) electrons. The molecule has 2 aromatic rings. The van der Waals surface area contributed by atoms with Crippen molar-refractivity contribution < 1.29 is 14.4 Å². The maximum atomic E-state index is 11.4. The number of nitrogens with zero attached hydrogens (tertiary/aromatic N) is 2. The first-order chi connectivity index (χ1) is 12.7. The predicted octanol–water partition coefficient (Wildman–Crippen LogP) is 3.44. The second-order valence-electron chi connectivity index (χ2n) is 6.39. The van der Waals surface area contributed by atoms with Gasteiger partial charge in [-0.1, -0.05) is 36.4 Å². The van der Waals surface area contributed by atoms with E-state index >= 15 is 0 Å². The molecule has 6 heteroatoms. The van der Waals surface area contributed by atoms with Crippen molar-refractivity contribution in [3.63, 3.8) is 0 Å². The number of hydrogen-bond acceptors (Lipinski definition) is 5. The van der Waals surface area contributed by atoms with Crippen LogP contribution in [0.25, 0.3) is 0 Å². The van der Waals surface area contributed by atoms with E-state index in [1.54, 1.807) is 12.1 Å². The zero-order valence-corrected chi connectivity index (χ0v) is 14.8. The highest BCUT2D eigenvalue weighted by molar-refractivity contribution is 5.48. The molecule has 0 N–H and O–H groups in total. The average molecular weight is 356 g/mol. The van der Waals surface area contributed by atoms with Crippen molar-refractivity contribution in [1.29, 1.82) is 0 Å². The van der Waals surface area contributed by atoms with Gasteiger partial charge in [0.2, 0.25) is 0 Å². The van der Waals surface area contributed by atoms with Crippen LogP contribution >= 0.6 is 0 Å². The Morgan fingerprint density at radius 1 is 1.08 bits per heavy atom. The third-order valence-corrected chi connectivity index (χ3v) is 4.50. The van der Waals surface area contributed by atoms with Gasteiger partial charge >= 0.3 is 5.69 Å².